The van der Waals surface area contributed by atoms with Crippen LogP contribution in [0.2, 0.25) is 0 Å². The minimum atomic E-state index is -2.59. The highest BCUT2D eigenvalue weighted by atomic mass is 19.3. The van der Waals surface area contributed by atoms with Gasteiger partial charge in [-0.3, -0.25) is 10.4 Å². The number of nitrogens with one attached hydrogen (secondary N) is 3. The number of carbonyl (C=O) groups is 1. The highest BCUT2D eigenvalue weighted by molar-refractivity contribution is 5.92. The normalized spacial score (nSPS) is 20.9. The van der Waals surface area contributed by atoms with E-state index in [-0.39, 0.29) is 23.9 Å². The standard InChI is InChI=1S/C23H26F2N6O2/c24-20(25)13-33-22-16-9-26-21(8-18(16)29-30-22)28-23(32)27-19-12-31(10-14-6-7-14)11-17(19)15-4-2-1-3-5-15/h1-5,8-9,14,17,19-20H,6-7,10-13H2,(H,29,30)(H2,26,27,28,32). The average Bonchev–Trinajstić information content (AvgIpc) is 3.39. The number of nitrogens with zero attached hydrogens (tertiary/aromatic N) is 3. The van der Waals surface area contributed by atoms with Gasteiger partial charge in [-0.15, -0.1) is 5.10 Å². The Morgan fingerprint density at radius 3 is 2.82 bits per heavy atom. The summed E-state index contributed by atoms with van der Waals surface area (Å²) in [5.74, 6) is 1.39. The molecule has 1 saturated heterocycles. The van der Waals surface area contributed by atoms with Crippen LogP contribution in [-0.2, 0) is 0 Å². The zero-order valence-electron chi connectivity index (χ0n) is 18.0. The molecule has 1 aliphatic heterocycles. The maximum atomic E-state index is 12.8. The number of carbonyl (C=O) groups excluding carboxylic acids is 1. The van der Waals surface area contributed by atoms with E-state index in [0.717, 1.165) is 25.6 Å². The van der Waals surface area contributed by atoms with Gasteiger partial charge in [0.15, 0.2) is 6.61 Å². The van der Waals surface area contributed by atoms with Crippen LogP contribution in [0.5, 0.6) is 5.88 Å². The topological polar surface area (TPSA) is 95.2 Å². The van der Waals surface area contributed by atoms with Gasteiger partial charge in [0.05, 0.1) is 16.9 Å². The number of aromatic amines is 1. The molecule has 2 amide bonds. The highest BCUT2D eigenvalue weighted by Crippen LogP contribution is 2.34. The molecule has 10 heteroatoms. The summed E-state index contributed by atoms with van der Waals surface area (Å²) in [6.45, 7) is 2.06. The summed E-state index contributed by atoms with van der Waals surface area (Å²) < 4.78 is 29.8. The summed E-state index contributed by atoms with van der Waals surface area (Å²) >= 11 is 0. The lowest BCUT2D eigenvalue weighted by atomic mass is 9.94. The molecular formula is C23H26F2N6O2. The second-order valence-electron chi connectivity index (χ2n) is 8.73. The molecule has 3 aromatic rings. The van der Waals surface area contributed by atoms with Gasteiger partial charge in [-0.05, 0) is 24.3 Å². The number of amides is 2. The predicted octanol–water partition coefficient (Wildman–Crippen LogP) is 3.60. The first kappa shape index (κ1) is 21.6. The van der Waals surface area contributed by atoms with E-state index in [1.165, 1.54) is 24.6 Å². The van der Waals surface area contributed by atoms with Crippen molar-refractivity contribution in [3.8, 4) is 5.88 Å². The van der Waals surface area contributed by atoms with Crippen LogP contribution < -0.4 is 15.4 Å². The molecule has 0 radical (unpaired) electrons. The number of likely N-dealkylation sites (tertiary alicyclic amines) is 1. The number of aromatic nitrogens is 3. The molecule has 2 aliphatic rings. The summed E-state index contributed by atoms with van der Waals surface area (Å²) in [4.78, 5) is 19.4. The lowest BCUT2D eigenvalue weighted by Crippen LogP contribution is -2.42. The number of fused-ring (bicyclic) bond motifs is 1. The number of pyridine rings is 1. The van der Waals surface area contributed by atoms with Crippen molar-refractivity contribution in [2.45, 2.75) is 31.2 Å². The van der Waals surface area contributed by atoms with E-state index in [2.05, 4.69) is 42.8 Å². The fourth-order valence-corrected chi connectivity index (χ4v) is 4.41. The Morgan fingerprint density at radius 1 is 1.24 bits per heavy atom. The van der Waals surface area contributed by atoms with E-state index in [1.807, 2.05) is 18.2 Å². The summed E-state index contributed by atoms with van der Waals surface area (Å²) in [6.07, 6.45) is 1.43. The van der Waals surface area contributed by atoms with Gasteiger partial charge < -0.3 is 15.0 Å². The molecule has 1 saturated carbocycles. The fraction of sp³-hybridized carbons (Fsp3) is 0.435. The first-order chi connectivity index (χ1) is 16.0. The van der Waals surface area contributed by atoms with Gasteiger partial charge in [0.1, 0.15) is 5.82 Å². The van der Waals surface area contributed by atoms with E-state index in [4.69, 9.17) is 4.74 Å². The van der Waals surface area contributed by atoms with Crippen molar-refractivity contribution in [2.75, 3.05) is 31.6 Å². The van der Waals surface area contributed by atoms with Crippen LogP contribution >= 0.6 is 0 Å². The molecule has 3 N–H and O–H groups in total. The number of H-pyrrole nitrogens is 1. The Labute approximate surface area is 189 Å². The molecule has 1 aliphatic carbocycles. The molecule has 2 atom stereocenters. The lowest BCUT2D eigenvalue weighted by Gasteiger charge is -2.20. The molecule has 3 heterocycles. The van der Waals surface area contributed by atoms with Crippen molar-refractivity contribution in [3.63, 3.8) is 0 Å². The fourth-order valence-electron chi connectivity index (χ4n) is 4.41. The van der Waals surface area contributed by atoms with Crippen molar-refractivity contribution in [3.05, 3.63) is 48.2 Å². The quantitative estimate of drug-likeness (QED) is 0.482. The minimum Gasteiger partial charge on any atom is -0.470 e. The van der Waals surface area contributed by atoms with E-state index in [1.54, 1.807) is 6.07 Å². The van der Waals surface area contributed by atoms with Crippen molar-refractivity contribution in [1.29, 1.82) is 0 Å². The third-order valence-electron chi connectivity index (χ3n) is 6.15. The zero-order chi connectivity index (χ0) is 22.8. The molecule has 1 aromatic carbocycles. The predicted molar refractivity (Wildman–Crippen MR) is 120 cm³/mol. The third kappa shape index (κ3) is 5.22. The molecule has 33 heavy (non-hydrogen) atoms. The Morgan fingerprint density at radius 2 is 2.06 bits per heavy atom. The summed E-state index contributed by atoms with van der Waals surface area (Å²) in [6, 6.07) is 11.5. The van der Waals surface area contributed by atoms with E-state index in [0.29, 0.717) is 16.7 Å². The molecule has 0 bridgehead atoms. The van der Waals surface area contributed by atoms with Gasteiger partial charge in [-0.2, -0.15) is 0 Å². The number of benzene rings is 1. The first-order valence-corrected chi connectivity index (χ1v) is 11.1. The lowest BCUT2D eigenvalue weighted by molar-refractivity contribution is 0.0803. The highest BCUT2D eigenvalue weighted by Gasteiger charge is 2.37. The number of halogens is 2. The van der Waals surface area contributed by atoms with Crippen LogP contribution in [0.1, 0.15) is 24.3 Å². The number of urea groups is 1. The average molecular weight is 456 g/mol. The van der Waals surface area contributed by atoms with Crippen LogP contribution in [0.25, 0.3) is 10.9 Å². The summed E-state index contributed by atoms with van der Waals surface area (Å²) in [5.41, 5.74) is 1.75. The number of alkyl halides is 2. The number of hydrogen-bond donors (Lipinski definition) is 3. The molecule has 2 fully saturated rings. The second-order valence-corrected chi connectivity index (χ2v) is 8.73. The van der Waals surface area contributed by atoms with Gasteiger partial charge in [0, 0.05) is 37.8 Å². The number of rotatable bonds is 8. The van der Waals surface area contributed by atoms with Crippen LogP contribution in [-0.4, -0.2) is 64.8 Å². The summed E-state index contributed by atoms with van der Waals surface area (Å²) in [7, 11) is 0. The van der Waals surface area contributed by atoms with Gasteiger partial charge in [0.25, 0.3) is 6.43 Å². The Balaban J connectivity index is 1.24. The van der Waals surface area contributed by atoms with E-state index in [9.17, 15) is 13.6 Å². The first-order valence-electron chi connectivity index (χ1n) is 11.1. The zero-order valence-corrected chi connectivity index (χ0v) is 18.0. The number of hydrogen-bond acceptors (Lipinski definition) is 5. The molecule has 8 nitrogen and oxygen atoms in total. The van der Waals surface area contributed by atoms with Gasteiger partial charge in [0.2, 0.25) is 5.88 Å². The van der Waals surface area contributed by atoms with Crippen molar-refractivity contribution in [1.82, 2.24) is 25.4 Å². The van der Waals surface area contributed by atoms with Crippen LogP contribution in [0, 0.1) is 5.92 Å². The molecule has 2 aromatic heterocycles. The monoisotopic (exact) mass is 456 g/mol. The van der Waals surface area contributed by atoms with Gasteiger partial charge in [-0.1, -0.05) is 30.3 Å². The molecule has 174 valence electrons. The maximum absolute atomic E-state index is 12.8. The smallest absolute Gasteiger partial charge is 0.320 e. The Hall–Kier alpha value is -3.27. The molecule has 2 unspecified atom stereocenters. The SMILES string of the molecule is O=C(Nc1cc2[nH]nc(OCC(F)F)c2cn1)NC1CN(CC2CC2)CC1c1ccccc1. The van der Waals surface area contributed by atoms with E-state index < -0.39 is 13.0 Å². The largest absolute Gasteiger partial charge is 0.470 e. The second kappa shape index (κ2) is 9.30. The van der Waals surface area contributed by atoms with Crippen molar-refractivity contribution < 1.29 is 18.3 Å². The maximum Gasteiger partial charge on any atom is 0.320 e. The van der Waals surface area contributed by atoms with Crippen LogP contribution in [0.15, 0.2) is 42.6 Å². The molecule has 5 rings (SSSR count). The van der Waals surface area contributed by atoms with Gasteiger partial charge >= 0.3 is 6.03 Å². The number of ether oxygens (including phenoxy) is 1. The molecular weight excluding hydrogens is 430 g/mol. The van der Waals surface area contributed by atoms with Crippen LogP contribution in [0.3, 0.4) is 0 Å². The molecule has 0 spiro atoms. The van der Waals surface area contributed by atoms with Crippen molar-refractivity contribution >= 4 is 22.8 Å². The Bertz CT molecular complexity index is 1100. The van der Waals surface area contributed by atoms with E-state index >= 15 is 0 Å². The third-order valence-corrected chi connectivity index (χ3v) is 6.15. The van der Waals surface area contributed by atoms with Crippen molar-refractivity contribution in [2.24, 2.45) is 5.92 Å². The number of anilines is 1. The van der Waals surface area contributed by atoms with Crippen LogP contribution in [0.4, 0.5) is 19.4 Å². The summed E-state index contributed by atoms with van der Waals surface area (Å²) in [5, 5.41) is 13.0. The Kier molecular flexibility index (Phi) is 6.08. The van der Waals surface area contributed by atoms with Gasteiger partial charge in [-0.25, -0.2) is 18.6 Å². The minimum absolute atomic E-state index is 0.0172.